The molecule has 2 aromatic heterocycles. The van der Waals surface area contributed by atoms with Crippen LogP contribution >= 0.6 is 11.3 Å². The van der Waals surface area contributed by atoms with E-state index in [-0.39, 0.29) is 62.3 Å². The second kappa shape index (κ2) is 12.2. The van der Waals surface area contributed by atoms with Crippen LogP contribution in [0.15, 0.2) is 36.9 Å². The minimum absolute atomic E-state index is 0.0147. The van der Waals surface area contributed by atoms with Crippen LogP contribution in [0.4, 0.5) is 24.0 Å². The highest BCUT2D eigenvalue weighted by molar-refractivity contribution is 7.23. The standard InChI is InChI=1S/C35H36F3N7O2S/c1-4-25-26(11-14-45(25)27(46)5-2)43(3)33-22-8-7-21(20-9-10-24(37)31-28(20)23(16-39)32(40)48-31)29(38)30(22)41-34(42-33)47-18-35-12-6-13-44(35)17-19(36)15-35/h5,7-10,19,25-26H,2,4,6,11-15,17-18,40H2,1,3H3/t19-,25+,26-,35+/m1/s1. The van der Waals surface area contributed by atoms with Crippen LogP contribution in [0, 0.1) is 23.0 Å². The molecule has 0 spiro atoms. The molecule has 4 aromatic rings. The number of rotatable bonds is 8. The molecule has 0 aliphatic carbocycles. The number of aromatic nitrogens is 2. The van der Waals surface area contributed by atoms with E-state index in [4.69, 9.17) is 15.5 Å². The number of amides is 1. The monoisotopic (exact) mass is 675 g/mol. The first-order chi connectivity index (χ1) is 23.1. The number of alkyl halides is 1. The van der Waals surface area contributed by atoms with E-state index in [1.54, 1.807) is 17.0 Å². The SMILES string of the molecule is C=CC(=O)N1CC[C@@H](N(C)c2nc(OC[C@@]34CCCN3C[C@H](F)C4)nc3c(F)c(-c4ccc(F)c5sc(N)c(C#N)c45)ccc23)[C@@H]1CC. The molecule has 4 atom stereocenters. The average Bonchev–Trinajstić information content (AvgIpc) is 3.84. The van der Waals surface area contributed by atoms with Crippen molar-refractivity contribution in [1.82, 2.24) is 19.8 Å². The van der Waals surface area contributed by atoms with E-state index in [0.29, 0.717) is 49.1 Å². The third kappa shape index (κ3) is 5.04. The molecule has 5 heterocycles. The number of hydrogen-bond donors (Lipinski definition) is 1. The van der Waals surface area contributed by atoms with E-state index in [0.717, 1.165) is 30.7 Å². The molecule has 13 heteroatoms. The van der Waals surface area contributed by atoms with Crippen molar-refractivity contribution in [3.63, 3.8) is 0 Å². The molecular weight excluding hydrogens is 639 g/mol. The Morgan fingerprint density at radius 1 is 1.27 bits per heavy atom. The van der Waals surface area contributed by atoms with Gasteiger partial charge in [-0.1, -0.05) is 25.6 Å². The third-order valence-electron chi connectivity index (χ3n) is 10.4. The number of fused-ring (bicyclic) bond motifs is 3. The van der Waals surface area contributed by atoms with Crippen molar-refractivity contribution in [1.29, 1.82) is 5.26 Å². The van der Waals surface area contributed by atoms with E-state index in [1.807, 2.05) is 24.9 Å². The number of hydrogen-bond acceptors (Lipinski definition) is 9. The van der Waals surface area contributed by atoms with Crippen molar-refractivity contribution in [3.8, 4) is 23.2 Å². The maximum atomic E-state index is 16.9. The quantitative estimate of drug-likeness (QED) is 0.220. The van der Waals surface area contributed by atoms with Gasteiger partial charge in [-0.3, -0.25) is 9.69 Å². The van der Waals surface area contributed by atoms with Gasteiger partial charge in [0.1, 0.15) is 41.0 Å². The Hall–Kier alpha value is -4.41. The zero-order valence-electron chi connectivity index (χ0n) is 26.8. The molecule has 48 heavy (non-hydrogen) atoms. The van der Waals surface area contributed by atoms with Gasteiger partial charge in [-0.05, 0) is 56.0 Å². The number of carbonyl (C=O) groups excluding carboxylic acids is 1. The van der Waals surface area contributed by atoms with Crippen molar-refractivity contribution in [3.05, 3.63) is 54.1 Å². The predicted molar refractivity (Wildman–Crippen MR) is 181 cm³/mol. The van der Waals surface area contributed by atoms with Crippen LogP contribution in [-0.2, 0) is 4.79 Å². The molecule has 3 aliphatic rings. The van der Waals surface area contributed by atoms with Crippen LogP contribution in [-0.4, -0.2) is 82.8 Å². The van der Waals surface area contributed by atoms with Gasteiger partial charge in [-0.25, -0.2) is 13.2 Å². The molecule has 3 fully saturated rings. The van der Waals surface area contributed by atoms with Crippen LogP contribution in [0.3, 0.4) is 0 Å². The molecule has 0 unspecified atom stereocenters. The van der Waals surface area contributed by atoms with Crippen LogP contribution in [0.2, 0.25) is 0 Å². The summed E-state index contributed by atoms with van der Waals surface area (Å²) in [6.45, 7) is 7.52. The number of carbonyl (C=O) groups is 1. The first-order valence-corrected chi connectivity index (χ1v) is 17.0. The van der Waals surface area contributed by atoms with Crippen molar-refractivity contribution >= 4 is 49.1 Å². The number of nitrogens with two attached hydrogens (primary N) is 1. The molecule has 0 bridgehead atoms. The molecule has 1 amide bonds. The van der Waals surface area contributed by atoms with Crippen LogP contribution in [0.5, 0.6) is 6.01 Å². The number of nitrogen functional groups attached to an aromatic ring is 1. The van der Waals surface area contributed by atoms with Crippen molar-refractivity contribution in [2.75, 3.05) is 43.9 Å². The minimum atomic E-state index is -0.945. The molecule has 9 nitrogen and oxygen atoms in total. The lowest BCUT2D eigenvalue weighted by atomic mass is 9.95. The number of ether oxygens (including phenoxy) is 1. The Balaban J connectivity index is 1.36. The second-order valence-electron chi connectivity index (χ2n) is 12.9. The van der Waals surface area contributed by atoms with Gasteiger partial charge in [0.05, 0.1) is 27.9 Å². The van der Waals surface area contributed by atoms with Gasteiger partial charge in [0, 0.05) is 42.9 Å². The first kappa shape index (κ1) is 32.2. The maximum absolute atomic E-state index is 16.9. The van der Waals surface area contributed by atoms with Gasteiger partial charge >= 0.3 is 6.01 Å². The first-order valence-electron chi connectivity index (χ1n) is 16.2. The van der Waals surface area contributed by atoms with Crippen molar-refractivity contribution < 1.29 is 22.7 Å². The van der Waals surface area contributed by atoms with Gasteiger partial charge in [0.15, 0.2) is 5.82 Å². The van der Waals surface area contributed by atoms with Crippen LogP contribution < -0.4 is 15.4 Å². The largest absolute Gasteiger partial charge is 0.461 e. The fourth-order valence-corrected chi connectivity index (χ4v) is 9.12. The number of thiophene rings is 1. The predicted octanol–water partition coefficient (Wildman–Crippen LogP) is 6.20. The summed E-state index contributed by atoms with van der Waals surface area (Å²) in [7, 11) is 1.87. The summed E-state index contributed by atoms with van der Waals surface area (Å²) in [5.74, 6) is -0.967. The number of anilines is 2. The zero-order valence-corrected chi connectivity index (χ0v) is 27.6. The number of likely N-dealkylation sites (tertiary alicyclic amines) is 1. The smallest absolute Gasteiger partial charge is 0.319 e. The lowest BCUT2D eigenvalue weighted by Gasteiger charge is -2.34. The Morgan fingerprint density at radius 2 is 2.06 bits per heavy atom. The molecule has 2 N–H and O–H groups in total. The third-order valence-corrected chi connectivity index (χ3v) is 11.5. The Morgan fingerprint density at radius 3 is 2.81 bits per heavy atom. The number of nitriles is 1. The number of halogens is 3. The number of benzene rings is 2. The Labute approximate surface area is 280 Å². The summed E-state index contributed by atoms with van der Waals surface area (Å²) in [6, 6.07) is 7.70. The zero-order chi connectivity index (χ0) is 33.9. The second-order valence-corrected chi connectivity index (χ2v) is 14.0. The van der Waals surface area contributed by atoms with Gasteiger partial charge in [-0.15, -0.1) is 11.3 Å². The summed E-state index contributed by atoms with van der Waals surface area (Å²) in [6.07, 6.45) is 3.79. The summed E-state index contributed by atoms with van der Waals surface area (Å²) in [5.41, 5.74) is 6.10. The average molecular weight is 676 g/mol. The lowest BCUT2D eigenvalue weighted by molar-refractivity contribution is -0.126. The van der Waals surface area contributed by atoms with E-state index in [9.17, 15) is 18.8 Å². The highest BCUT2D eigenvalue weighted by Crippen LogP contribution is 2.44. The van der Waals surface area contributed by atoms with E-state index in [2.05, 4.69) is 16.5 Å². The topological polar surface area (TPSA) is 112 Å². The van der Waals surface area contributed by atoms with Crippen molar-refractivity contribution in [2.24, 2.45) is 0 Å². The Bertz CT molecular complexity index is 2000. The van der Waals surface area contributed by atoms with E-state index < -0.39 is 23.3 Å². The van der Waals surface area contributed by atoms with E-state index in [1.165, 1.54) is 18.2 Å². The number of nitrogens with zero attached hydrogens (tertiary/aromatic N) is 6. The summed E-state index contributed by atoms with van der Waals surface area (Å²) >= 11 is 0.944. The highest BCUT2D eigenvalue weighted by atomic mass is 32.1. The fraction of sp³-hybridized carbons (Fsp3) is 0.429. The minimum Gasteiger partial charge on any atom is -0.461 e. The maximum Gasteiger partial charge on any atom is 0.319 e. The lowest BCUT2D eigenvalue weighted by Crippen LogP contribution is -2.45. The Kier molecular flexibility index (Phi) is 8.20. The summed E-state index contributed by atoms with van der Waals surface area (Å²) in [5, 5.41) is 10.7. The van der Waals surface area contributed by atoms with Gasteiger partial charge in [0.25, 0.3) is 0 Å². The molecule has 0 saturated carbocycles. The molecule has 3 aliphatic heterocycles. The molecule has 250 valence electrons. The van der Waals surface area contributed by atoms with Gasteiger partial charge in [0.2, 0.25) is 5.91 Å². The molecule has 3 saturated heterocycles. The fourth-order valence-electron chi connectivity index (χ4n) is 8.17. The highest BCUT2D eigenvalue weighted by Gasteiger charge is 2.49. The molecule has 7 rings (SSSR count). The van der Waals surface area contributed by atoms with Crippen molar-refractivity contribution in [2.45, 2.75) is 62.8 Å². The molecule has 2 aromatic carbocycles. The molecule has 0 radical (unpaired) electrons. The summed E-state index contributed by atoms with van der Waals surface area (Å²) in [4.78, 5) is 27.9. The van der Waals surface area contributed by atoms with Gasteiger partial charge < -0.3 is 20.3 Å². The number of likely N-dealkylation sites (N-methyl/N-ethyl adjacent to an activating group) is 1. The molecular formula is C35H36F3N7O2S. The van der Waals surface area contributed by atoms with Crippen LogP contribution in [0.25, 0.3) is 32.1 Å². The van der Waals surface area contributed by atoms with Gasteiger partial charge in [-0.2, -0.15) is 15.2 Å². The van der Waals surface area contributed by atoms with Crippen LogP contribution in [0.1, 0.15) is 44.6 Å². The van der Waals surface area contributed by atoms with E-state index >= 15 is 4.39 Å². The summed E-state index contributed by atoms with van der Waals surface area (Å²) < 4.78 is 52.7. The normalized spacial score (nSPS) is 23.9.